The quantitative estimate of drug-likeness (QED) is 0.370. The van der Waals surface area contributed by atoms with Gasteiger partial charge < -0.3 is 14.3 Å². The molecule has 0 aromatic carbocycles. The molecule has 9 heteroatoms. The standard InChI is InChI=1S/C17H29IN2O5Si/c1-11-8-20(15(23)19-14(11)22)17(10-18)7-12(13(9-21)24-17)25-26(5,6)16(2,3)4/h8,12-13,21H,7,9-10H2,1-6H3,(H,19,22,23)/t12?,13-,17+/m1/s1. The van der Waals surface area contributed by atoms with Crippen molar-refractivity contribution in [3.05, 3.63) is 32.6 Å². The predicted octanol–water partition coefficient (Wildman–Crippen LogP) is 2.10. The number of aromatic nitrogens is 2. The van der Waals surface area contributed by atoms with Crippen LogP contribution >= 0.6 is 22.6 Å². The van der Waals surface area contributed by atoms with Crippen molar-refractivity contribution in [2.45, 2.75) is 70.2 Å². The van der Waals surface area contributed by atoms with Crippen LogP contribution in [0.2, 0.25) is 18.1 Å². The molecule has 2 heterocycles. The van der Waals surface area contributed by atoms with Gasteiger partial charge in [0.1, 0.15) is 6.10 Å². The molecule has 1 aromatic rings. The Labute approximate surface area is 168 Å². The number of halogens is 1. The first-order chi connectivity index (χ1) is 11.9. The zero-order valence-electron chi connectivity index (χ0n) is 16.3. The molecular weight excluding hydrogens is 467 g/mol. The van der Waals surface area contributed by atoms with Crippen molar-refractivity contribution in [1.29, 1.82) is 0 Å². The third-order valence-electron chi connectivity index (χ3n) is 5.51. The van der Waals surface area contributed by atoms with E-state index >= 15 is 0 Å². The van der Waals surface area contributed by atoms with Crippen LogP contribution in [0.4, 0.5) is 0 Å². The van der Waals surface area contributed by atoms with E-state index < -0.39 is 31.4 Å². The summed E-state index contributed by atoms with van der Waals surface area (Å²) in [6.07, 6.45) is 1.15. The fourth-order valence-corrected chi connectivity index (χ4v) is 5.06. The van der Waals surface area contributed by atoms with Crippen molar-refractivity contribution in [3.8, 4) is 0 Å². The van der Waals surface area contributed by atoms with E-state index in [-0.39, 0.29) is 17.7 Å². The van der Waals surface area contributed by atoms with Gasteiger partial charge in [-0.1, -0.05) is 43.4 Å². The van der Waals surface area contributed by atoms with Gasteiger partial charge in [-0.05, 0) is 25.1 Å². The number of nitrogens with one attached hydrogen (secondary N) is 1. The van der Waals surface area contributed by atoms with Gasteiger partial charge in [-0.25, -0.2) is 4.79 Å². The molecule has 1 unspecified atom stereocenters. The molecule has 26 heavy (non-hydrogen) atoms. The molecule has 0 aliphatic carbocycles. The zero-order valence-corrected chi connectivity index (χ0v) is 19.4. The van der Waals surface area contributed by atoms with E-state index in [1.165, 1.54) is 10.8 Å². The first-order valence-corrected chi connectivity index (χ1v) is 13.2. The minimum absolute atomic E-state index is 0.0218. The van der Waals surface area contributed by atoms with Crippen molar-refractivity contribution in [2.24, 2.45) is 0 Å². The van der Waals surface area contributed by atoms with Gasteiger partial charge in [-0.2, -0.15) is 0 Å². The molecule has 1 aliphatic rings. The predicted molar refractivity (Wildman–Crippen MR) is 112 cm³/mol. The van der Waals surface area contributed by atoms with E-state index in [4.69, 9.17) is 9.16 Å². The number of H-pyrrole nitrogens is 1. The molecule has 148 valence electrons. The molecule has 0 spiro atoms. The second kappa shape index (κ2) is 7.49. The summed E-state index contributed by atoms with van der Waals surface area (Å²) in [7, 11) is -2.08. The summed E-state index contributed by atoms with van der Waals surface area (Å²) >= 11 is 2.17. The number of ether oxygens (including phenoxy) is 1. The van der Waals surface area contributed by atoms with Crippen LogP contribution in [0.1, 0.15) is 32.8 Å². The number of rotatable bonds is 5. The molecule has 0 bridgehead atoms. The van der Waals surface area contributed by atoms with Crippen molar-refractivity contribution in [3.63, 3.8) is 0 Å². The maximum atomic E-state index is 12.4. The summed E-state index contributed by atoms with van der Waals surface area (Å²) in [5.41, 5.74) is -1.43. The number of alkyl halides is 1. The van der Waals surface area contributed by atoms with Crippen LogP contribution in [0, 0.1) is 6.92 Å². The van der Waals surface area contributed by atoms with Gasteiger partial charge >= 0.3 is 5.69 Å². The van der Waals surface area contributed by atoms with Crippen LogP contribution in [0.5, 0.6) is 0 Å². The van der Waals surface area contributed by atoms with E-state index in [2.05, 4.69) is 61.4 Å². The van der Waals surface area contributed by atoms with Crippen LogP contribution in [-0.4, -0.2) is 46.2 Å². The van der Waals surface area contributed by atoms with Gasteiger partial charge in [0, 0.05) is 22.6 Å². The van der Waals surface area contributed by atoms with Crippen LogP contribution in [0.15, 0.2) is 15.8 Å². The Morgan fingerprint density at radius 1 is 1.46 bits per heavy atom. The summed E-state index contributed by atoms with van der Waals surface area (Å²) in [6, 6.07) is 0. The Hall–Kier alpha value is -0.493. The van der Waals surface area contributed by atoms with Gasteiger partial charge in [0.25, 0.3) is 5.56 Å². The van der Waals surface area contributed by atoms with Gasteiger partial charge in [-0.3, -0.25) is 14.3 Å². The monoisotopic (exact) mass is 496 g/mol. The summed E-state index contributed by atoms with van der Waals surface area (Å²) in [5, 5.41) is 9.86. The molecular formula is C17H29IN2O5Si. The largest absolute Gasteiger partial charge is 0.411 e. The lowest BCUT2D eigenvalue weighted by atomic mass is 10.1. The van der Waals surface area contributed by atoms with Gasteiger partial charge in [0.2, 0.25) is 0 Å². The lowest BCUT2D eigenvalue weighted by molar-refractivity contribution is -0.102. The molecule has 3 atom stereocenters. The highest BCUT2D eigenvalue weighted by Crippen LogP contribution is 2.43. The molecule has 0 amide bonds. The fourth-order valence-electron chi connectivity index (χ4n) is 2.85. The van der Waals surface area contributed by atoms with Crippen molar-refractivity contribution in [2.75, 3.05) is 11.0 Å². The van der Waals surface area contributed by atoms with Crippen LogP contribution < -0.4 is 11.2 Å². The average molecular weight is 496 g/mol. The second-order valence-electron chi connectivity index (χ2n) is 8.48. The number of aliphatic hydroxyl groups is 1. The Balaban J connectivity index is 2.43. The van der Waals surface area contributed by atoms with E-state index in [1.54, 1.807) is 6.92 Å². The van der Waals surface area contributed by atoms with Crippen molar-refractivity contribution < 1.29 is 14.3 Å². The molecule has 1 fully saturated rings. The topological polar surface area (TPSA) is 93.6 Å². The number of hydrogen-bond donors (Lipinski definition) is 2. The van der Waals surface area contributed by atoms with Crippen molar-refractivity contribution in [1.82, 2.24) is 9.55 Å². The summed E-state index contributed by atoms with van der Waals surface area (Å²) < 4.78 is 14.6. The molecule has 1 saturated heterocycles. The minimum Gasteiger partial charge on any atom is -0.411 e. The lowest BCUT2D eigenvalue weighted by Crippen LogP contribution is -2.47. The maximum absolute atomic E-state index is 12.4. The molecule has 2 rings (SSSR count). The minimum atomic E-state index is -2.08. The summed E-state index contributed by atoms with van der Waals surface area (Å²) in [5.74, 6) is 0. The molecule has 7 nitrogen and oxygen atoms in total. The highest BCUT2D eigenvalue weighted by Gasteiger charge is 2.51. The number of aryl methyl sites for hydroxylation is 1. The highest BCUT2D eigenvalue weighted by molar-refractivity contribution is 14.1. The number of aromatic amines is 1. The van der Waals surface area contributed by atoms with E-state index in [9.17, 15) is 14.7 Å². The van der Waals surface area contributed by atoms with E-state index in [0.717, 1.165) is 0 Å². The normalized spacial score (nSPS) is 27.1. The molecule has 1 aliphatic heterocycles. The second-order valence-corrected chi connectivity index (χ2v) is 14.0. The number of nitrogens with zero attached hydrogens (tertiary/aromatic N) is 1. The highest BCUT2D eigenvalue weighted by atomic mass is 127. The van der Waals surface area contributed by atoms with Crippen LogP contribution in [0.25, 0.3) is 0 Å². The Kier molecular flexibility index (Phi) is 6.28. The fraction of sp³-hybridized carbons (Fsp3) is 0.765. The maximum Gasteiger partial charge on any atom is 0.330 e. The molecule has 1 aromatic heterocycles. The average Bonchev–Trinajstić information content (AvgIpc) is 2.88. The van der Waals surface area contributed by atoms with Gasteiger partial charge in [0.05, 0.1) is 12.7 Å². The van der Waals surface area contributed by atoms with Crippen LogP contribution in [0.3, 0.4) is 0 Å². The Bertz CT molecular complexity index is 770. The summed E-state index contributed by atoms with van der Waals surface area (Å²) in [4.78, 5) is 26.5. The Morgan fingerprint density at radius 3 is 2.58 bits per heavy atom. The van der Waals surface area contributed by atoms with E-state index in [0.29, 0.717) is 16.4 Å². The SMILES string of the molecule is Cc1cn([C@@]2(CI)CC(O[Si](C)(C)C(C)(C)C)[C@@H](CO)O2)c(=O)[nH]c1=O. The molecule has 2 N–H and O–H groups in total. The Morgan fingerprint density at radius 2 is 2.08 bits per heavy atom. The third-order valence-corrected chi connectivity index (χ3v) is 11.2. The van der Waals surface area contributed by atoms with Crippen LogP contribution in [-0.2, 0) is 14.9 Å². The first-order valence-electron chi connectivity index (χ1n) is 8.72. The van der Waals surface area contributed by atoms with Crippen molar-refractivity contribution >= 4 is 30.9 Å². The number of aliphatic hydroxyl groups excluding tert-OH is 1. The van der Waals surface area contributed by atoms with Gasteiger partial charge in [0.15, 0.2) is 14.0 Å². The number of hydrogen-bond acceptors (Lipinski definition) is 5. The third kappa shape index (κ3) is 4.01. The first kappa shape index (κ1) is 21.8. The summed E-state index contributed by atoms with van der Waals surface area (Å²) in [6.45, 7) is 12.2. The smallest absolute Gasteiger partial charge is 0.330 e. The molecule has 0 saturated carbocycles. The van der Waals surface area contributed by atoms with E-state index in [1.807, 2.05) is 0 Å². The molecule has 0 radical (unpaired) electrons. The lowest BCUT2D eigenvalue weighted by Gasteiger charge is -2.39. The zero-order chi connectivity index (χ0) is 19.9. The van der Waals surface area contributed by atoms with Gasteiger partial charge in [-0.15, -0.1) is 0 Å².